The molecule has 2 aliphatic rings. The Bertz CT molecular complexity index is 1070. The largest absolute Gasteiger partial charge is 0.347 e. The maximum atomic E-state index is 13.3. The number of anilines is 1. The number of para-hydroxylation sites is 1. The van der Waals surface area contributed by atoms with Crippen LogP contribution in [0.1, 0.15) is 52.4 Å². The number of hydrogen-bond donors (Lipinski definition) is 1. The summed E-state index contributed by atoms with van der Waals surface area (Å²) in [7, 11) is 0. The van der Waals surface area contributed by atoms with E-state index in [2.05, 4.69) is 10.3 Å². The molecule has 5 rings (SSSR count). The van der Waals surface area contributed by atoms with E-state index >= 15 is 0 Å². The first kappa shape index (κ1) is 17.0. The third kappa shape index (κ3) is 2.76. The number of fused-ring (bicyclic) bond motifs is 2. The van der Waals surface area contributed by atoms with Gasteiger partial charge in [-0.15, -0.1) is 0 Å². The quantitative estimate of drug-likeness (QED) is 0.766. The standard InChI is InChI=1S/C22H22N4O2/c27-21(23-16-8-2-3-9-16)20-24-19(18-11-5-6-13-25(18)20)22(28)26-14-12-15-7-1-4-10-17(15)26/h1,4-7,10-11,13,16H,2-3,8-9,12,14H2,(H,23,27). The second kappa shape index (κ2) is 6.78. The molecule has 3 heterocycles. The Balaban J connectivity index is 1.52. The van der Waals surface area contributed by atoms with Crippen LogP contribution < -0.4 is 10.2 Å². The number of aromatic nitrogens is 2. The van der Waals surface area contributed by atoms with Gasteiger partial charge in [-0.25, -0.2) is 4.98 Å². The maximum absolute atomic E-state index is 13.3. The van der Waals surface area contributed by atoms with E-state index in [-0.39, 0.29) is 23.7 Å². The third-order valence-corrected chi connectivity index (χ3v) is 5.78. The van der Waals surface area contributed by atoms with E-state index in [0.717, 1.165) is 37.8 Å². The summed E-state index contributed by atoms with van der Waals surface area (Å²) in [5.41, 5.74) is 3.09. The number of hydrogen-bond acceptors (Lipinski definition) is 3. The molecule has 0 unspecified atom stereocenters. The van der Waals surface area contributed by atoms with Crippen molar-refractivity contribution in [2.45, 2.75) is 38.1 Å². The zero-order valence-corrected chi connectivity index (χ0v) is 15.6. The lowest BCUT2D eigenvalue weighted by molar-refractivity contribution is 0.0926. The minimum absolute atomic E-state index is 0.159. The molecule has 0 bridgehead atoms. The number of pyridine rings is 1. The second-order valence-electron chi connectivity index (χ2n) is 7.53. The first-order valence-electron chi connectivity index (χ1n) is 9.90. The number of carbonyl (C=O) groups is 2. The van der Waals surface area contributed by atoms with E-state index < -0.39 is 0 Å². The molecule has 0 atom stereocenters. The molecule has 1 aromatic carbocycles. The lowest BCUT2D eigenvalue weighted by Crippen LogP contribution is -2.34. The van der Waals surface area contributed by atoms with Gasteiger partial charge in [-0.2, -0.15) is 0 Å². The van der Waals surface area contributed by atoms with Crippen LogP contribution in [-0.2, 0) is 6.42 Å². The van der Waals surface area contributed by atoms with Crippen molar-refractivity contribution in [2.75, 3.05) is 11.4 Å². The molecule has 6 heteroatoms. The van der Waals surface area contributed by atoms with E-state index in [1.165, 1.54) is 5.56 Å². The van der Waals surface area contributed by atoms with E-state index in [1.54, 1.807) is 15.5 Å². The van der Waals surface area contributed by atoms with E-state index in [9.17, 15) is 9.59 Å². The van der Waals surface area contributed by atoms with Crippen molar-refractivity contribution in [3.8, 4) is 0 Å². The highest BCUT2D eigenvalue weighted by Crippen LogP contribution is 2.29. The molecule has 6 nitrogen and oxygen atoms in total. The monoisotopic (exact) mass is 374 g/mol. The van der Waals surface area contributed by atoms with Crippen molar-refractivity contribution in [3.63, 3.8) is 0 Å². The van der Waals surface area contributed by atoms with Gasteiger partial charge in [0.25, 0.3) is 11.8 Å². The Labute approximate surface area is 163 Å². The van der Waals surface area contributed by atoms with E-state index in [1.807, 2.05) is 42.5 Å². The fraction of sp³-hybridized carbons (Fsp3) is 0.318. The van der Waals surface area contributed by atoms with Gasteiger partial charge in [0.05, 0.1) is 5.52 Å². The summed E-state index contributed by atoms with van der Waals surface area (Å²) in [5, 5.41) is 3.08. The van der Waals surface area contributed by atoms with Crippen LogP contribution in [0.2, 0.25) is 0 Å². The van der Waals surface area contributed by atoms with Crippen LogP contribution >= 0.6 is 0 Å². The second-order valence-corrected chi connectivity index (χ2v) is 7.53. The third-order valence-electron chi connectivity index (χ3n) is 5.78. The van der Waals surface area contributed by atoms with Crippen LogP contribution in [0.4, 0.5) is 5.69 Å². The average molecular weight is 374 g/mol. The first-order chi connectivity index (χ1) is 13.7. The molecule has 2 amide bonds. The van der Waals surface area contributed by atoms with Gasteiger partial charge >= 0.3 is 0 Å². The minimum Gasteiger partial charge on any atom is -0.347 e. The van der Waals surface area contributed by atoms with Gasteiger partial charge in [-0.1, -0.05) is 37.1 Å². The van der Waals surface area contributed by atoms with Crippen molar-refractivity contribution in [3.05, 3.63) is 65.7 Å². The molecular weight excluding hydrogens is 352 g/mol. The number of imidazole rings is 1. The Morgan fingerprint density at radius 2 is 1.82 bits per heavy atom. The van der Waals surface area contributed by atoms with Gasteiger partial charge in [-0.05, 0) is 43.0 Å². The first-order valence-corrected chi connectivity index (χ1v) is 9.90. The molecule has 0 radical (unpaired) electrons. The Morgan fingerprint density at radius 1 is 1.04 bits per heavy atom. The molecular formula is C22H22N4O2. The van der Waals surface area contributed by atoms with Crippen molar-refractivity contribution in [2.24, 2.45) is 0 Å². The van der Waals surface area contributed by atoms with Crippen LogP contribution in [-0.4, -0.2) is 33.8 Å². The summed E-state index contributed by atoms with van der Waals surface area (Å²) in [6.45, 7) is 0.633. The highest BCUT2D eigenvalue weighted by molar-refractivity contribution is 6.11. The molecule has 1 aliphatic carbocycles. The van der Waals surface area contributed by atoms with Crippen LogP contribution in [0.5, 0.6) is 0 Å². The summed E-state index contributed by atoms with van der Waals surface area (Å²) >= 11 is 0. The number of nitrogens with zero attached hydrogens (tertiary/aromatic N) is 3. The Hall–Kier alpha value is -3.15. The predicted octanol–water partition coefficient (Wildman–Crippen LogP) is 3.21. The highest BCUT2D eigenvalue weighted by Gasteiger charge is 2.30. The van der Waals surface area contributed by atoms with Gasteiger partial charge in [0.2, 0.25) is 5.82 Å². The molecule has 2 aromatic heterocycles. The summed E-state index contributed by atoms with van der Waals surface area (Å²) < 4.78 is 1.72. The minimum atomic E-state index is -0.214. The van der Waals surface area contributed by atoms with E-state index in [4.69, 9.17) is 0 Å². The van der Waals surface area contributed by atoms with Crippen LogP contribution in [0.15, 0.2) is 48.7 Å². The van der Waals surface area contributed by atoms with E-state index in [0.29, 0.717) is 17.8 Å². The smallest absolute Gasteiger partial charge is 0.287 e. The van der Waals surface area contributed by atoms with Gasteiger partial charge in [0.1, 0.15) is 0 Å². The lowest BCUT2D eigenvalue weighted by atomic mass is 10.2. The molecule has 0 saturated heterocycles. The number of benzene rings is 1. The summed E-state index contributed by atoms with van der Waals surface area (Å²) in [6, 6.07) is 13.7. The van der Waals surface area contributed by atoms with Crippen molar-refractivity contribution in [1.82, 2.24) is 14.7 Å². The molecule has 3 aromatic rings. The fourth-order valence-electron chi connectivity index (χ4n) is 4.35. The summed E-state index contributed by atoms with van der Waals surface area (Å²) in [5.74, 6) is -0.0964. The molecule has 1 fully saturated rings. The normalized spacial score (nSPS) is 16.5. The summed E-state index contributed by atoms with van der Waals surface area (Å²) in [4.78, 5) is 32.4. The molecule has 0 spiro atoms. The van der Waals surface area contributed by atoms with Gasteiger partial charge in [0.15, 0.2) is 5.69 Å². The van der Waals surface area contributed by atoms with Gasteiger partial charge in [0, 0.05) is 24.5 Å². The lowest BCUT2D eigenvalue weighted by Gasteiger charge is -2.16. The Kier molecular flexibility index (Phi) is 4.11. The maximum Gasteiger partial charge on any atom is 0.287 e. The molecule has 1 saturated carbocycles. The highest BCUT2D eigenvalue weighted by atomic mass is 16.2. The predicted molar refractivity (Wildman–Crippen MR) is 107 cm³/mol. The molecule has 1 N–H and O–H groups in total. The number of rotatable bonds is 3. The molecule has 1 aliphatic heterocycles. The number of amides is 2. The number of nitrogens with one attached hydrogen (secondary N) is 1. The van der Waals surface area contributed by atoms with Crippen LogP contribution in [0.3, 0.4) is 0 Å². The Morgan fingerprint density at radius 3 is 2.68 bits per heavy atom. The number of carbonyl (C=O) groups excluding carboxylic acids is 2. The molecule has 142 valence electrons. The van der Waals surface area contributed by atoms with Crippen molar-refractivity contribution < 1.29 is 9.59 Å². The summed E-state index contributed by atoms with van der Waals surface area (Å²) in [6.07, 6.45) is 6.93. The van der Waals surface area contributed by atoms with Crippen molar-refractivity contribution >= 4 is 23.0 Å². The van der Waals surface area contributed by atoms with Gasteiger partial charge < -0.3 is 10.2 Å². The van der Waals surface area contributed by atoms with Crippen LogP contribution in [0.25, 0.3) is 5.52 Å². The zero-order chi connectivity index (χ0) is 19.1. The topological polar surface area (TPSA) is 66.7 Å². The zero-order valence-electron chi connectivity index (χ0n) is 15.6. The fourth-order valence-corrected chi connectivity index (χ4v) is 4.35. The average Bonchev–Trinajstić information content (AvgIpc) is 3.45. The molecule has 28 heavy (non-hydrogen) atoms. The van der Waals surface area contributed by atoms with Gasteiger partial charge in [-0.3, -0.25) is 14.0 Å². The van der Waals surface area contributed by atoms with Crippen molar-refractivity contribution in [1.29, 1.82) is 0 Å². The van der Waals surface area contributed by atoms with Crippen LogP contribution in [0, 0.1) is 0 Å². The SMILES string of the molecule is O=C(NC1CCCC1)c1nc(C(=O)N2CCc3ccccc32)c2ccccn12.